The highest BCUT2D eigenvalue weighted by Gasteiger charge is 2.38. The van der Waals surface area contributed by atoms with E-state index in [0.29, 0.717) is 44.7 Å². The number of alkyl halides is 1. The van der Waals surface area contributed by atoms with E-state index in [0.717, 1.165) is 12.1 Å². The van der Waals surface area contributed by atoms with Crippen molar-refractivity contribution in [2.24, 2.45) is 17.4 Å². The van der Waals surface area contributed by atoms with Gasteiger partial charge in [0.2, 0.25) is 15.9 Å². The number of nitrogens with two attached hydrogens (primary N) is 2. The van der Waals surface area contributed by atoms with Gasteiger partial charge in [-0.15, -0.1) is 0 Å². The van der Waals surface area contributed by atoms with E-state index in [2.05, 4.69) is 25.8 Å². The minimum atomic E-state index is -3.24. The first-order valence-corrected chi connectivity index (χ1v) is 12.9. The fraction of sp³-hybridized carbons (Fsp3) is 0.700. The molecule has 7 N–H and O–H groups in total. The van der Waals surface area contributed by atoms with Crippen molar-refractivity contribution in [3.63, 3.8) is 0 Å². The van der Waals surface area contributed by atoms with Gasteiger partial charge in [-0.2, -0.15) is 0 Å². The molecule has 3 saturated heterocycles. The standard InChI is InChI=1S/C20H33FN8O3S/c21-13-10-25-19(26-11-13)17(18(22)23)20(30)27-15-12-24-5-2-16(15)28-8-3-14(4-9-28)33(31,32)29-6-1-7-29/h2,5,12-14,17-19,25-26H,1,3-4,6-11,22-23H2,(H,27,30). The van der Waals surface area contributed by atoms with Gasteiger partial charge in [0, 0.05) is 45.5 Å². The summed E-state index contributed by atoms with van der Waals surface area (Å²) in [7, 11) is -3.24. The van der Waals surface area contributed by atoms with E-state index in [9.17, 15) is 17.6 Å². The summed E-state index contributed by atoms with van der Waals surface area (Å²) in [4.78, 5) is 19.3. The lowest BCUT2D eigenvalue weighted by Gasteiger charge is -2.39. The number of sulfonamides is 1. The molecule has 4 heterocycles. The average molecular weight is 485 g/mol. The summed E-state index contributed by atoms with van der Waals surface area (Å²) < 4.78 is 40.5. The highest BCUT2D eigenvalue weighted by molar-refractivity contribution is 7.89. The highest BCUT2D eigenvalue weighted by Crippen LogP contribution is 2.31. The third-order valence-corrected chi connectivity index (χ3v) is 9.03. The Bertz CT molecular complexity index is 929. The molecule has 3 aliphatic rings. The molecule has 1 atom stereocenters. The Kier molecular flexibility index (Phi) is 7.46. The molecule has 0 spiro atoms. The monoisotopic (exact) mass is 484 g/mol. The Hall–Kier alpha value is -1.90. The number of nitrogens with zero attached hydrogens (tertiary/aromatic N) is 3. The van der Waals surface area contributed by atoms with Crippen molar-refractivity contribution < 1.29 is 17.6 Å². The number of carbonyl (C=O) groups is 1. The van der Waals surface area contributed by atoms with E-state index < -0.39 is 40.4 Å². The number of amides is 1. The first-order chi connectivity index (χ1) is 15.8. The number of hydrogen-bond acceptors (Lipinski definition) is 9. The zero-order valence-corrected chi connectivity index (χ0v) is 19.3. The predicted octanol–water partition coefficient (Wildman–Crippen LogP) is -1.26. The Morgan fingerprint density at radius 1 is 1.18 bits per heavy atom. The summed E-state index contributed by atoms with van der Waals surface area (Å²) in [5.74, 6) is -1.24. The van der Waals surface area contributed by atoms with Crippen LogP contribution in [0.15, 0.2) is 18.5 Å². The fourth-order valence-electron chi connectivity index (χ4n) is 4.58. The lowest BCUT2D eigenvalue weighted by Crippen LogP contribution is -2.64. The second-order valence-corrected chi connectivity index (χ2v) is 11.1. The van der Waals surface area contributed by atoms with Crippen LogP contribution in [0.1, 0.15) is 19.3 Å². The van der Waals surface area contributed by atoms with Gasteiger partial charge in [0.15, 0.2) is 0 Å². The molecular formula is C20H33FN8O3S. The Balaban J connectivity index is 1.42. The van der Waals surface area contributed by atoms with E-state index in [1.807, 2.05) is 0 Å². The number of carbonyl (C=O) groups excluding carboxylic acids is 1. The van der Waals surface area contributed by atoms with Gasteiger partial charge >= 0.3 is 0 Å². The first kappa shape index (κ1) is 24.2. The van der Waals surface area contributed by atoms with Gasteiger partial charge in [-0.3, -0.25) is 20.4 Å². The van der Waals surface area contributed by atoms with Crippen LogP contribution in [0.4, 0.5) is 15.8 Å². The van der Waals surface area contributed by atoms with Crippen LogP contribution in [0.5, 0.6) is 0 Å². The van der Waals surface area contributed by atoms with Crippen molar-refractivity contribution >= 4 is 27.3 Å². The Morgan fingerprint density at radius 3 is 2.42 bits per heavy atom. The second kappa shape index (κ2) is 10.2. The zero-order chi connectivity index (χ0) is 23.6. The van der Waals surface area contributed by atoms with Gasteiger partial charge in [0.05, 0.1) is 41.1 Å². The Morgan fingerprint density at radius 2 is 1.85 bits per heavy atom. The molecule has 0 radical (unpaired) electrons. The van der Waals surface area contributed by atoms with Crippen LogP contribution in [0, 0.1) is 5.92 Å². The summed E-state index contributed by atoms with van der Waals surface area (Å²) in [6.07, 6.45) is 2.58. The summed E-state index contributed by atoms with van der Waals surface area (Å²) in [5.41, 5.74) is 13.0. The zero-order valence-electron chi connectivity index (χ0n) is 18.5. The van der Waals surface area contributed by atoms with Crippen LogP contribution in [-0.4, -0.2) is 86.6 Å². The summed E-state index contributed by atoms with van der Waals surface area (Å²) in [6, 6.07) is 1.79. The van der Waals surface area contributed by atoms with Gasteiger partial charge in [-0.1, -0.05) is 0 Å². The van der Waals surface area contributed by atoms with Crippen LogP contribution >= 0.6 is 0 Å². The third-order valence-electron chi connectivity index (χ3n) is 6.63. The molecule has 0 bridgehead atoms. The molecule has 0 aromatic carbocycles. The number of halogens is 1. The van der Waals surface area contributed by atoms with E-state index in [4.69, 9.17) is 11.5 Å². The fourth-order valence-corrected chi connectivity index (χ4v) is 6.57. The van der Waals surface area contributed by atoms with Gasteiger partial charge < -0.3 is 21.7 Å². The van der Waals surface area contributed by atoms with Gasteiger partial charge in [-0.25, -0.2) is 17.1 Å². The summed E-state index contributed by atoms with van der Waals surface area (Å²) in [6.45, 7) is 2.56. The minimum Gasteiger partial charge on any atom is -0.370 e. The maximum absolute atomic E-state index is 13.5. The van der Waals surface area contributed by atoms with Crippen molar-refractivity contribution in [1.29, 1.82) is 0 Å². The molecular weight excluding hydrogens is 451 g/mol. The van der Waals surface area contributed by atoms with E-state index in [1.165, 1.54) is 0 Å². The number of pyridine rings is 1. The van der Waals surface area contributed by atoms with Crippen LogP contribution < -0.4 is 32.3 Å². The SMILES string of the molecule is NC(N)C(C(=O)Nc1cnccc1N1CCC(S(=O)(=O)N2CCC2)CC1)C1NCC(F)CN1. The first-order valence-electron chi connectivity index (χ1n) is 11.4. The molecule has 33 heavy (non-hydrogen) atoms. The quantitative estimate of drug-likeness (QED) is 0.298. The van der Waals surface area contributed by atoms with Crippen LogP contribution in [0.25, 0.3) is 0 Å². The number of nitrogens with one attached hydrogen (secondary N) is 3. The normalized spacial score (nSPS) is 26.1. The molecule has 1 unspecified atom stereocenters. The molecule has 1 aromatic heterocycles. The lowest BCUT2D eigenvalue weighted by molar-refractivity contribution is -0.122. The molecule has 184 valence electrons. The number of aromatic nitrogens is 1. The molecule has 0 aliphatic carbocycles. The van der Waals surface area contributed by atoms with Crippen LogP contribution in [-0.2, 0) is 14.8 Å². The summed E-state index contributed by atoms with van der Waals surface area (Å²) in [5, 5.41) is 8.37. The van der Waals surface area contributed by atoms with Crippen LogP contribution in [0.2, 0.25) is 0 Å². The molecule has 11 nitrogen and oxygen atoms in total. The molecule has 3 aliphatic heterocycles. The maximum atomic E-state index is 13.5. The molecule has 3 fully saturated rings. The maximum Gasteiger partial charge on any atom is 0.233 e. The van der Waals surface area contributed by atoms with Gasteiger partial charge in [0.1, 0.15) is 6.17 Å². The van der Waals surface area contributed by atoms with E-state index in [1.54, 1.807) is 22.8 Å². The molecule has 13 heteroatoms. The summed E-state index contributed by atoms with van der Waals surface area (Å²) >= 11 is 0. The number of anilines is 2. The molecule has 1 aromatic rings. The van der Waals surface area contributed by atoms with Crippen molar-refractivity contribution in [3.05, 3.63) is 18.5 Å². The van der Waals surface area contributed by atoms with E-state index in [-0.39, 0.29) is 18.3 Å². The minimum absolute atomic E-state index is 0.113. The number of rotatable bonds is 7. The molecule has 4 rings (SSSR count). The van der Waals surface area contributed by atoms with Crippen molar-refractivity contribution in [3.8, 4) is 0 Å². The average Bonchev–Trinajstić information content (AvgIpc) is 2.74. The number of hydrogen-bond donors (Lipinski definition) is 5. The topological polar surface area (TPSA) is 159 Å². The largest absolute Gasteiger partial charge is 0.370 e. The third kappa shape index (κ3) is 5.28. The molecule has 1 amide bonds. The van der Waals surface area contributed by atoms with Gasteiger partial charge in [-0.05, 0) is 25.3 Å². The van der Waals surface area contributed by atoms with Gasteiger partial charge in [0.25, 0.3) is 0 Å². The van der Waals surface area contributed by atoms with Crippen molar-refractivity contribution in [1.82, 2.24) is 19.9 Å². The number of piperidine rings is 1. The smallest absolute Gasteiger partial charge is 0.233 e. The van der Waals surface area contributed by atoms with E-state index >= 15 is 0 Å². The predicted molar refractivity (Wildman–Crippen MR) is 124 cm³/mol. The van der Waals surface area contributed by atoms with Crippen molar-refractivity contribution in [2.45, 2.75) is 43.0 Å². The van der Waals surface area contributed by atoms with Crippen LogP contribution in [0.3, 0.4) is 0 Å². The molecule has 0 saturated carbocycles. The van der Waals surface area contributed by atoms with Crippen molar-refractivity contribution in [2.75, 3.05) is 49.5 Å². The Labute approximate surface area is 193 Å². The second-order valence-electron chi connectivity index (χ2n) is 8.86. The lowest BCUT2D eigenvalue weighted by atomic mass is 9.99. The highest BCUT2D eigenvalue weighted by atomic mass is 32.2.